The second kappa shape index (κ2) is 13.1. The first-order chi connectivity index (χ1) is 19.5. The molecule has 0 radical (unpaired) electrons. The molecule has 4 saturated carbocycles. The fourth-order valence-corrected chi connectivity index (χ4v) is 11.2. The van der Waals surface area contributed by atoms with Gasteiger partial charge in [-0.25, -0.2) is 0 Å². The molecule has 7 heteroatoms. The molecule has 0 saturated heterocycles. The molecule has 4 rings (SSSR count). The zero-order chi connectivity index (χ0) is 31.1. The molecule has 4 fully saturated rings. The van der Waals surface area contributed by atoms with Crippen molar-refractivity contribution in [3.63, 3.8) is 0 Å². The second-order valence-corrected chi connectivity index (χ2v) is 22.7. The van der Waals surface area contributed by atoms with Gasteiger partial charge in [0.2, 0.25) is 0 Å². The second-order valence-electron chi connectivity index (χ2n) is 17.0. The van der Waals surface area contributed by atoms with Crippen molar-refractivity contribution in [2.45, 2.75) is 155 Å². The van der Waals surface area contributed by atoms with Crippen molar-refractivity contribution < 1.29 is 29.2 Å². The van der Waals surface area contributed by atoms with Crippen LogP contribution in [0, 0.1) is 46.3 Å². The summed E-state index contributed by atoms with van der Waals surface area (Å²) in [5, 5.41) is 24.3. The quantitative estimate of drug-likeness (QED) is 0.104. The molecule has 11 atom stereocenters. The minimum atomic E-state index is -1.37. The van der Waals surface area contributed by atoms with Crippen LogP contribution in [0.3, 0.4) is 0 Å². The highest BCUT2D eigenvalue weighted by Gasteiger charge is 2.71. The molecule has 4 aliphatic carbocycles. The lowest BCUT2D eigenvalue weighted by molar-refractivity contribution is -0.310. The number of fused-ring (bicyclic) bond motifs is 5. The van der Waals surface area contributed by atoms with E-state index in [0.717, 1.165) is 30.2 Å². The monoisotopic (exact) mass is 608 g/mol. The average molecular weight is 609 g/mol. The Morgan fingerprint density at radius 2 is 1.74 bits per heavy atom. The zero-order valence-corrected chi connectivity index (χ0v) is 29.4. The highest BCUT2D eigenvalue weighted by atomic mass is 28.3. The van der Waals surface area contributed by atoms with Gasteiger partial charge in [-0.2, -0.15) is 0 Å². The molecular weight excluding hydrogens is 544 g/mol. The number of rotatable bonds is 12. The Morgan fingerprint density at radius 1 is 1.02 bits per heavy atom. The molecule has 0 aliphatic heterocycles. The lowest BCUT2D eigenvalue weighted by atomic mass is 9.41. The van der Waals surface area contributed by atoms with Crippen molar-refractivity contribution in [3.05, 3.63) is 0 Å². The van der Waals surface area contributed by atoms with E-state index in [1.54, 1.807) is 0 Å². The summed E-state index contributed by atoms with van der Waals surface area (Å²) in [5.41, 5.74) is -1.73. The van der Waals surface area contributed by atoms with Crippen LogP contribution >= 0.6 is 0 Å². The number of carbonyl (C=O) groups is 1. The first-order valence-corrected chi connectivity index (χ1v) is 21.0. The fraction of sp³-hybridized carbons (Fsp3) is 0.971. The lowest BCUT2D eigenvalue weighted by Gasteiger charge is -2.67. The van der Waals surface area contributed by atoms with Crippen LogP contribution in [-0.4, -0.2) is 61.6 Å². The Bertz CT molecular complexity index is 920. The summed E-state index contributed by atoms with van der Waals surface area (Å²) in [5.74, 6) is 3.04. The topological polar surface area (TPSA) is 85.2 Å². The van der Waals surface area contributed by atoms with Crippen LogP contribution in [0.1, 0.15) is 106 Å². The molecule has 0 aromatic heterocycles. The molecule has 2 N–H and O–H groups in total. The first kappa shape index (κ1) is 34.4. The number of aliphatic hydroxyl groups is 2. The average Bonchev–Trinajstić information content (AvgIpc) is 3.22. The third-order valence-electron chi connectivity index (χ3n) is 12.8. The van der Waals surface area contributed by atoms with E-state index >= 15 is 0 Å². The van der Waals surface area contributed by atoms with E-state index in [0.29, 0.717) is 31.3 Å². The van der Waals surface area contributed by atoms with Gasteiger partial charge in [-0.15, -0.1) is 0 Å². The van der Waals surface area contributed by atoms with Gasteiger partial charge in [-0.1, -0.05) is 73.5 Å². The molecule has 0 bridgehead atoms. The van der Waals surface area contributed by atoms with E-state index in [1.807, 2.05) is 0 Å². The summed E-state index contributed by atoms with van der Waals surface area (Å²) in [6.07, 6.45) is 8.37. The highest BCUT2D eigenvalue weighted by molar-refractivity contribution is 6.76. The maximum absolute atomic E-state index is 12.5. The molecular formula is C35H64O6Si. The molecule has 4 aliphatic rings. The van der Waals surface area contributed by atoms with Crippen LogP contribution in [0.2, 0.25) is 25.7 Å². The van der Waals surface area contributed by atoms with Crippen LogP contribution in [0.4, 0.5) is 0 Å². The number of esters is 1. The van der Waals surface area contributed by atoms with E-state index in [2.05, 4.69) is 54.3 Å². The van der Waals surface area contributed by atoms with Gasteiger partial charge in [0.15, 0.2) is 0 Å². The summed E-state index contributed by atoms with van der Waals surface area (Å²) in [7, 11) is -1.22. The van der Waals surface area contributed by atoms with Crippen molar-refractivity contribution in [1.29, 1.82) is 0 Å². The van der Waals surface area contributed by atoms with Crippen molar-refractivity contribution >= 4 is 14.0 Å². The minimum Gasteiger partial charge on any atom is -0.462 e. The van der Waals surface area contributed by atoms with Crippen LogP contribution in [0.15, 0.2) is 0 Å². The molecule has 6 nitrogen and oxygen atoms in total. The standard InChI is InChI=1S/C35H64O6Si/c1-23(2)11-10-12-24(3)28-13-14-29-27-20-31(37)35(38)21-26(41-25(4)36)19-32(40-22-39-17-18-42(7,8)9)34(35,6)30(27)15-16-33(28,29)5/h23-24,26-32,37-38H,10-22H2,1-9H3/t24-,26+,27+,28-,29+,30+,31-,32-,33-,34+,35+/m1/s1. The largest absolute Gasteiger partial charge is 0.462 e. The van der Waals surface area contributed by atoms with Gasteiger partial charge in [0, 0.05) is 39.9 Å². The molecule has 0 aromatic carbocycles. The third-order valence-corrected chi connectivity index (χ3v) is 14.5. The lowest BCUT2D eigenvalue weighted by Crippen LogP contribution is -2.73. The summed E-state index contributed by atoms with van der Waals surface area (Å²) < 4.78 is 18.2. The smallest absolute Gasteiger partial charge is 0.302 e. The van der Waals surface area contributed by atoms with Gasteiger partial charge >= 0.3 is 5.97 Å². The Balaban J connectivity index is 1.56. The maximum atomic E-state index is 12.5. The summed E-state index contributed by atoms with van der Waals surface area (Å²) in [6.45, 7) is 21.1. The van der Waals surface area contributed by atoms with Crippen molar-refractivity contribution in [3.8, 4) is 0 Å². The SMILES string of the molecule is CC(=O)O[C@H]1C[C@@H](OCOCC[Si](C)(C)C)[C@]2(C)[C@H]3CC[C@]4(C)[C@@H]([C@H](C)CCCC(C)C)CC[C@H]4[C@@H]3C[C@@H](O)[C@@]2(O)C1. The first-order valence-electron chi connectivity index (χ1n) is 17.3. The van der Waals surface area contributed by atoms with Gasteiger partial charge in [0.25, 0.3) is 0 Å². The Morgan fingerprint density at radius 3 is 2.38 bits per heavy atom. The van der Waals surface area contributed by atoms with E-state index in [1.165, 1.54) is 45.4 Å². The molecule has 42 heavy (non-hydrogen) atoms. The van der Waals surface area contributed by atoms with Gasteiger partial charge in [0.05, 0.1) is 12.2 Å². The molecule has 0 amide bonds. The third kappa shape index (κ3) is 6.71. The van der Waals surface area contributed by atoms with E-state index in [-0.39, 0.29) is 36.6 Å². The van der Waals surface area contributed by atoms with Crippen LogP contribution < -0.4 is 0 Å². The van der Waals surface area contributed by atoms with Crippen molar-refractivity contribution in [2.75, 3.05) is 13.4 Å². The normalized spacial score (nSPS) is 42.5. The zero-order valence-electron chi connectivity index (χ0n) is 28.4. The number of aliphatic hydroxyl groups excluding tert-OH is 1. The van der Waals surface area contributed by atoms with Crippen LogP contribution in [0.5, 0.6) is 0 Å². The summed E-state index contributed by atoms with van der Waals surface area (Å²) in [6, 6.07) is 1.07. The Hall–Kier alpha value is -0.473. The molecule has 0 heterocycles. The molecule has 244 valence electrons. The predicted molar refractivity (Wildman–Crippen MR) is 171 cm³/mol. The number of carbonyl (C=O) groups excluding carboxylic acids is 1. The fourth-order valence-electron chi connectivity index (χ4n) is 10.4. The Labute approximate surface area is 258 Å². The van der Waals surface area contributed by atoms with Crippen molar-refractivity contribution in [1.82, 2.24) is 0 Å². The van der Waals surface area contributed by atoms with Gasteiger partial charge in [-0.3, -0.25) is 4.79 Å². The number of hydrogen-bond acceptors (Lipinski definition) is 6. The van der Waals surface area contributed by atoms with Gasteiger partial charge in [0.1, 0.15) is 18.5 Å². The van der Waals surface area contributed by atoms with Crippen LogP contribution in [-0.2, 0) is 19.0 Å². The summed E-state index contributed by atoms with van der Waals surface area (Å²) >= 11 is 0. The number of ether oxygens (including phenoxy) is 3. The van der Waals surface area contributed by atoms with Crippen LogP contribution in [0.25, 0.3) is 0 Å². The maximum Gasteiger partial charge on any atom is 0.302 e. The Kier molecular flexibility index (Phi) is 10.7. The van der Waals surface area contributed by atoms with Crippen molar-refractivity contribution in [2.24, 2.45) is 46.3 Å². The summed E-state index contributed by atoms with van der Waals surface area (Å²) in [4.78, 5) is 12.0. The van der Waals surface area contributed by atoms with E-state index < -0.39 is 31.3 Å². The van der Waals surface area contributed by atoms with E-state index in [9.17, 15) is 15.0 Å². The minimum absolute atomic E-state index is 0.165. The highest BCUT2D eigenvalue weighted by Crippen LogP contribution is 2.69. The van der Waals surface area contributed by atoms with E-state index in [4.69, 9.17) is 14.2 Å². The molecule has 0 aromatic rings. The van der Waals surface area contributed by atoms with Gasteiger partial charge < -0.3 is 24.4 Å². The number of hydrogen-bond donors (Lipinski definition) is 2. The molecule has 0 spiro atoms. The van der Waals surface area contributed by atoms with Gasteiger partial charge in [-0.05, 0) is 79.1 Å². The predicted octanol–water partition coefficient (Wildman–Crippen LogP) is 7.43. The molecule has 0 unspecified atom stereocenters.